The maximum absolute atomic E-state index is 13.2. The molecule has 0 saturated heterocycles. The van der Waals surface area contributed by atoms with Gasteiger partial charge in [-0.15, -0.1) is 0 Å². The average molecular weight is 259 g/mol. The van der Waals surface area contributed by atoms with Crippen LogP contribution in [0.15, 0.2) is 42.5 Å². The van der Waals surface area contributed by atoms with Gasteiger partial charge in [-0.25, -0.2) is 4.39 Å². The number of rotatable bonds is 4. The van der Waals surface area contributed by atoms with Gasteiger partial charge in [0.25, 0.3) is 0 Å². The maximum atomic E-state index is 13.2. The van der Waals surface area contributed by atoms with Gasteiger partial charge >= 0.3 is 0 Å². The van der Waals surface area contributed by atoms with E-state index in [0.717, 1.165) is 0 Å². The summed E-state index contributed by atoms with van der Waals surface area (Å²) in [5, 5.41) is 12.9. The maximum Gasteiger partial charge on any atom is 0.165 e. The Balaban J connectivity index is 2.02. The van der Waals surface area contributed by atoms with E-state index in [0.29, 0.717) is 12.1 Å². The first-order chi connectivity index (χ1) is 9.08. The second kappa shape index (κ2) is 5.85. The summed E-state index contributed by atoms with van der Waals surface area (Å²) in [6, 6.07) is 13.0. The lowest BCUT2D eigenvalue weighted by atomic mass is 10.1. The molecule has 0 radical (unpaired) electrons. The van der Waals surface area contributed by atoms with Gasteiger partial charge in [0, 0.05) is 18.2 Å². The highest BCUT2D eigenvalue weighted by molar-refractivity contribution is 5.33. The molecule has 1 atom stereocenters. The van der Waals surface area contributed by atoms with E-state index in [1.807, 2.05) is 13.8 Å². The fourth-order valence-corrected chi connectivity index (χ4v) is 1.94. The van der Waals surface area contributed by atoms with Crippen molar-refractivity contribution in [1.82, 2.24) is 5.32 Å². The Morgan fingerprint density at radius 1 is 1.16 bits per heavy atom. The molecule has 2 aromatic carbocycles. The molecule has 3 heteroatoms. The van der Waals surface area contributed by atoms with Gasteiger partial charge in [-0.05, 0) is 25.5 Å². The summed E-state index contributed by atoms with van der Waals surface area (Å²) in [4.78, 5) is 0. The van der Waals surface area contributed by atoms with Gasteiger partial charge in [0.2, 0.25) is 0 Å². The van der Waals surface area contributed by atoms with Gasteiger partial charge in [0.05, 0.1) is 0 Å². The van der Waals surface area contributed by atoms with Crippen molar-refractivity contribution in [2.24, 2.45) is 0 Å². The number of hydrogen-bond donors (Lipinski definition) is 2. The summed E-state index contributed by atoms with van der Waals surface area (Å²) in [7, 11) is 0. The van der Waals surface area contributed by atoms with Gasteiger partial charge in [-0.3, -0.25) is 0 Å². The molecule has 0 saturated carbocycles. The molecule has 2 N–H and O–H groups in total. The smallest absolute Gasteiger partial charge is 0.165 e. The number of nitrogens with one attached hydrogen (secondary N) is 1. The predicted octanol–water partition coefficient (Wildman–Crippen LogP) is 3.69. The fourth-order valence-electron chi connectivity index (χ4n) is 1.94. The number of aromatic hydroxyl groups is 1. The number of benzene rings is 2. The predicted molar refractivity (Wildman–Crippen MR) is 74.5 cm³/mol. The molecule has 19 heavy (non-hydrogen) atoms. The topological polar surface area (TPSA) is 32.3 Å². The molecular formula is C16H18FNO. The van der Waals surface area contributed by atoms with Gasteiger partial charge < -0.3 is 10.4 Å². The normalized spacial score (nSPS) is 12.4. The van der Waals surface area contributed by atoms with E-state index in [1.54, 1.807) is 12.1 Å². The molecule has 2 aromatic rings. The van der Waals surface area contributed by atoms with Gasteiger partial charge in [-0.1, -0.05) is 42.0 Å². The van der Waals surface area contributed by atoms with E-state index >= 15 is 0 Å². The minimum absolute atomic E-state index is 0.142. The third-order valence-corrected chi connectivity index (χ3v) is 3.25. The monoisotopic (exact) mass is 259 g/mol. The van der Waals surface area contributed by atoms with Gasteiger partial charge in [0.1, 0.15) is 0 Å². The molecule has 100 valence electrons. The molecule has 0 aromatic heterocycles. The van der Waals surface area contributed by atoms with Crippen molar-refractivity contribution in [3.05, 3.63) is 65.0 Å². The van der Waals surface area contributed by atoms with Crippen molar-refractivity contribution >= 4 is 0 Å². The second-order valence-corrected chi connectivity index (χ2v) is 4.76. The Bertz CT molecular complexity index is 551. The Morgan fingerprint density at radius 3 is 2.53 bits per heavy atom. The average Bonchev–Trinajstić information content (AvgIpc) is 2.41. The number of phenols is 1. The summed E-state index contributed by atoms with van der Waals surface area (Å²) >= 11 is 0. The lowest BCUT2D eigenvalue weighted by molar-refractivity contribution is 0.421. The quantitative estimate of drug-likeness (QED) is 0.877. The highest BCUT2D eigenvalue weighted by Crippen LogP contribution is 2.21. The van der Waals surface area contributed by atoms with Crippen LogP contribution in [0.1, 0.15) is 29.7 Å². The molecule has 0 aliphatic heterocycles. The van der Waals surface area contributed by atoms with Crippen LogP contribution in [0.4, 0.5) is 4.39 Å². The lowest BCUT2D eigenvalue weighted by Gasteiger charge is -2.15. The van der Waals surface area contributed by atoms with Crippen molar-refractivity contribution in [1.29, 1.82) is 0 Å². The third kappa shape index (κ3) is 3.32. The van der Waals surface area contributed by atoms with Gasteiger partial charge in [0.15, 0.2) is 11.6 Å². The zero-order valence-corrected chi connectivity index (χ0v) is 11.2. The summed E-state index contributed by atoms with van der Waals surface area (Å²) in [5.41, 5.74) is 2.96. The molecule has 0 unspecified atom stereocenters. The zero-order chi connectivity index (χ0) is 13.8. The van der Waals surface area contributed by atoms with Crippen LogP contribution in [0.3, 0.4) is 0 Å². The van der Waals surface area contributed by atoms with Crippen molar-refractivity contribution in [2.45, 2.75) is 26.4 Å². The number of phenolic OH excluding ortho intramolecular Hbond substituents is 1. The summed E-state index contributed by atoms with van der Waals surface area (Å²) < 4.78 is 13.2. The van der Waals surface area contributed by atoms with Crippen LogP contribution in [0.25, 0.3) is 0 Å². The summed E-state index contributed by atoms with van der Waals surface area (Å²) in [6.07, 6.45) is 0. The van der Waals surface area contributed by atoms with Crippen molar-refractivity contribution < 1.29 is 9.50 Å². The molecule has 0 bridgehead atoms. The van der Waals surface area contributed by atoms with Crippen LogP contribution in [0, 0.1) is 12.7 Å². The summed E-state index contributed by atoms with van der Waals surface area (Å²) in [5.74, 6) is -0.853. The minimum Gasteiger partial charge on any atom is -0.505 e. The van der Waals surface area contributed by atoms with Crippen LogP contribution < -0.4 is 5.32 Å². The first-order valence-corrected chi connectivity index (χ1v) is 6.34. The molecule has 0 aliphatic rings. The van der Waals surface area contributed by atoms with E-state index in [-0.39, 0.29) is 11.8 Å². The highest BCUT2D eigenvalue weighted by atomic mass is 19.1. The molecule has 0 aliphatic carbocycles. The zero-order valence-electron chi connectivity index (χ0n) is 11.2. The Hall–Kier alpha value is -1.87. The fraction of sp³-hybridized carbons (Fsp3) is 0.250. The van der Waals surface area contributed by atoms with Crippen LogP contribution in [0.5, 0.6) is 5.75 Å². The van der Waals surface area contributed by atoms with Crippen molar-refractivity contribution in [2.75, 3.05) is 0 Å². The molecule has 0 heterocycles. The summed E-state index contributed by atoms with van der Waals surface area (Å²) in [6.45, 7) is 4.52. The van der Waals surface area contributed by atoms with E-state index in [4.69, 9.17) is 0 Å². The lowest BCUT2D eigenvalue weighted by Crippen LogP contribution is -2.18. The molecule has 2 nitrogen and oxygen atoms in total. The van der Waals surface area contributed by atoms with Crippen LogP contribution >= 0.6 is 0 Å². The van der Waals surface area contributed by atoms with E-state index in [2.05, 4.69) is 29.6 Å². The molecule has 0 amide bonds. The standard InChI is InChI=1S/C16H18FNO/c1-11-6-8-13(9-7-11)12(2)18-10-14-4-3-5-15(17)16(14)19/h3-9,12,18-19H,10H2,1-2H3/t12-/m0/s1. The van der Waals surface area contributed by atoms with Crippen LogP contribution in [-0.2, 0) is 6.54 Å². The molecular weight excluding hydrogens is 241 g/mol. The third-order valence-electron chi connectivity index (χ3n) is 3.25. The molecule has 0 fully saturated rings. The van der Waals surface area contributed by atoms with Crippen LogP contribution in [0.2, 0.25) is 0 Å². The Morgan fingerprint density at radius 2 is 1.84 bits per heavy atom. The van der Waals surface area contributed by atoms with Crippen molar-refractivity contribution in [3.63, 3.8) is 0 Å². The van der Waals surface area contributed by atoms with Crippen molar-refractivity contribution in [3.8, 4) is 5.75 Å². The second-order valence-electron chi connectivity index (χ2n) is 4.76. The van der Waals surface area contributed by atoms with E-state index in [1.165, 1.54) is 17.2 Å². The van der Waals surface area contributed by atoms with Crippen LogP contribution in [-0.4, -0.2) is 5.11 Å². The number of aryl methyl sites for hydroxylation is 1. The van der Waals surface area contributed by atoms with E-state index in [9.17, 15) is 9.50 Å². The molecule has 0 spiro atoms. The molecule has 2 rings (SSSR count). The first-order valence-electron chi connectivity index (χ1n) is 6.34. The largest absolute Gasteiger partial charge is 0.505 e. The highest BCUT2D eigenvalue weighted by Gasteiger charge is 2.09. The minimum atomic E-state index is -0.581. The number of halogens is 1. The van der Waals surface area contributed by atoms with Gasteiger partial charge in [-0.2, -0.15) is 0 Å². The number of para-hydroxylation sites is 1. The SMILES string of the molecule is Cc1ccc([C@H](C)NCc2cccc(F)c2O)cc1. The first kappa shape index (κ1) is 13.6. The van der Waals surface area contributed by atoms with E-state index < -0.39 is 5.82 Å². The number of hydrogen-bond acceptors (Lipinski definition) is 2. The Labute approximate surface area is 112 Å². The Kier molecular flexibility index (Phi) is 4.17.